The van der Waals surface area contributed by atoms with E-state index in [0.29, 0.717) is 5.95 Å². The standard InChI is InChI=1S/C58H36N4O2/c1-4-14-35(15-5-1)48-32-49(36-16-6-2-7-17-36)60-58(59-48)62-50-27-25-37(28-43(50)45-31-47-42-21-11-13-23-55(42)64-57(47)34-53(45)62)38-24-26-40-44-30-46-41-20-10-12-22-54(41)63-56(46)33-52(44)61(51(40)29-38)39-18-8-3-9-19-39/h1-32,34,56H,33H2. The van der Waals surface area contributed by atoms with Gasteiger partial charge in [-0.2, -0.15) is 0 Å². The summed E-state index contributed by atoms with van der Waals surface area (Å²) in [6.07, 6.45) is 3.14. The van der Waals surface area contributed by atoms with Gasteiger partial charge in [0.15, 0.2) is 0 Å². The minimum absolute atomic E-state index is 0.0178. The highest BCUT2D eigenvalue weighted by Gasteiger charge is 2.35. The predicted octanol–water partition coefficient (Wildman–Crippen LogP) is 14.3. The number of benzene rings is 8. The summed E-state index contributed by atoms with van der Waals surface area (Å²) in [4.78, 5) is 10.6. The maximum Gasteiger partial charge on any atom is 0.235 e. The van der Waals surface area contributed by atoms with Crippen LogP contribution in [0.1, 0.15) is 16.8 Å². The Morgan fingerprint density at radius 3 is 1.91 bits per heavy atom. The average molecular weight is 821 g/mol. The van der Waals surface area contributed by atoms with Gasteiger partial charge in [-0.3, -0.25) is 4.57 Å². The summed E-state index contributed by atoms with van der Waals surface area (Å²) in [6.45, 7) is 0. The molecule has 1 aliphatic heterocycles. The van der Waals surface area contributed by atoms with E-state index in [4.69, 9.17) is 19.1 Å². The van der Waals surface area contributed by atoms with Crippen LogP contribution in [0.3, 0.4) is 0 Å². The summed E-state index contributed by atoms with van der Waals surface area (Å²) in [5.41, 5.74) is 17.0. The Hall–Kier alpha value is -8.48. The van der Waals surface area contributed by atoms with Crippen LogP contribution in [0.15, 0.2) is 199 Å². The van der Waals surface area contributed by atoms with E-state index >= 15 is 0 Å². The number of fused-ring (bicyclic) bond motifs is 12. The van der Waals surface area contributed by atoms with E-state index in [0.717, 1.165) is 95.2 Å². The molecule has 1 aliphatic carbocycles. The molecule has 1 atom stereocenters. The molecule has 1 unspecified atom stereocenters. The molecule has 5 heterocycles. The Labute approximate surface area is 367 Å². The Kier molecular flexibility index (Phi) is 7.42. The van der Waals surface area contributed by atoms with Crippen LogP contribution in [0.25, 0.3) is 112 Å². The molecule has 6 nitrogen and oxygen atoms in total. The molecule has 0 N–H and O–H groups in total. The van der Waals surface area contributed by atoms with Gasteiger partial charge in [-0.1, -0.05) is 133 Å². The number of rotatable bonds is 5. The second-order valence-corrected chi connectivity index (χ2v) is 16.9. The third kappa shape index (κ3) is 5.26. The van der Waals surface area contributed by atoms with Gasteiger partial charge < -0.3 is 13.7 Å². The Morgan fingerprint density at radius 2 is 1.11 bits per heavy atom. The van der Waals surface area contributed by atoms with Crippen LogP contribution in [0.4, 0.5) is 0 Å². The fraction of sp³-hybridized carbons (Fsp3) is 0.0345. The Bertz CT molecular complexity index is 3840. The Morgan fingerprint density at radius 1 is 0.453 bits per heavy atom. The number of furan rings is 1. The van der Waals surface area contributed by atoms with Gasteiger partial charge >= 0.3 is 0 Å². The van der Waals surface area contributed by atoms with Crippen molar-refractivity contribution in [2.24, 2.45) is 0 Å². The topological polar surface area (TPSA) is 58.0 Å². The van der Waals surface area contributed by atoms with Crippen LogP contribution in [0.2, 0.25) is 0 Å². The fourth-order valence-corrected chi connectivity index (χ4v) is 10.3. The highest BCUT2D eigenvalue weighted by atomic mass is 16.5. The number of aromatic nitrogens is 4. The number of hydrogen-bond donors (Lipinski definition) is 0. The van der Waals surface area contributed by atoms with Crippen molar-refractivity contribution in [2.45, 2.75) is 12.5 Å². The molecule has 12 aromatic rings. The van der Waals surface area contributed by atoms with E-state index in [-0.39, 0.29) is 6.10 Å². The van der Waals surface area contributed by atoms with Gasteiger partial charge in [-0.05, 0) is 71.8 Å². The van der Waals surface area contributed by atoms with Crippen LogP contribution in [0, 0.1) is 0 Å². The van der Waals surface area contributed by atoms with Crippen LogP contribution in [0.5, 0.6) is 5.75 Å². The van der Waals surface area contributed by atoms with Gasteiger partial charge in [-0.15, -0.1) is 0 Å². The molecule has 300 valence electrons. The first-order valence-corrected chi connectivity index (χ1v) is 21.8. The quantitative estimate of drug-likeness (QED) is 0.174. The van der Waals surface area contributed by atoms with Crippen LogP contribution < -0.4 is 4.74 Å². The minimum atomic E-state index is -0.0178. The molecule has 0 amide bonds. The van der Waals surface area contributed by atoms with Crippen molar-refractivity contribution >= 4 is 66.3 Å². The maximum atomic E-state index is 6.56. The van der Waals surface area contributed by atoms with Gasteiger partial charge in [0, 0.05) is 78.6 Å². The number of hydrogen-bond acceptors (Lipinski definition) is 4. The smallest absolute Gasteiger partial charge is 0.235 e. The lowest BCUT2D eigenvalue weighted by molar-refractivity contribution is 0.274. The summed E-state index contributed by atoms with van der Waals surface area (Å²) in [5.74, 6) is 1.56. The predicted molar refractivity (Wildman–Crippen MR) is 259 cm³/mol. The third-order valence-electron chi connectivity index (χ3n) is 13.3. The number of para-hydroxylation sites is 3. The normalized spacial score (nSPS) is 14.2. The van der Waals surface area contributed by atoms with E-state index in [9.17, 15) is 0 Å². The second-order valence-electron chi connectivity index (χ2n) is 16.9. The summed E-state index contributed by atoms with van der Waals surface area (Å²) >= 11 is 0. The van der Waals surface area contributed by atoms with Crippen molar-refractivity contribution in [3.63, 3.8) is 0 Å². The zero-order chi connectivity index (χ0) is 41.9. The van der Waals surface area contributed by atoms with E-state index < -0.39 is 0 Å². The van der Waals surface area contributed by atoms with E-state index in [1.165, 1.54) is 33.3 Å². The largest absolute Gasteiger partial charge is 0.485 e. The molecule has 64 heavy (non-hydrogen) atoms. The van der Waals surface area contributed by atoms with Crippen LogP contribution >= 0.6 is 0 Å². The summed E-state index contributed by atoms with van der Waals surface area (Å²) < 4.78 is 17.7. The summed E-state index contributed by atoms with van der Waals surface area (Å²) in [5, 5.41) is 5.62. The highest BCUT2D eigenvalue weighted by molar-refractivity contribution is 6.18. The van der Waals surface area contributed by atoms with Gasteiger partial charge in [-0.25, -0.2) is 9.97 Å². The molecule has 0 fully saturated rings. The van der Waals surface area contributed by atoms with Gasteiger partial charge in [0.2, 0.25) is 5.95 Å². The summed E-state index contributed by atoms with van der Waals surface area (Å²) in [7, 11) is 0. The van der Waals surface area contributed by atoms with Crippen molar-refractivity contribution in [1.82, 2.24) is 19.1 Å². The van der Waals surface area contributed by atoms with Gasteiger partial charge in [0.05, 0.1) is 27.9 Å². The third-order valence-corrected chi connectivity index (χ3v) is 13.3. The molecule has 6 heteroatoms. The molecule has 0 spiro atoms. The zero-order valence-electron chi connectivity index (χ0n) is 34.4. The molecular weight excluding hydrogens is 785 g/mol. The van der Waals surface area contributed by atoms with Crippen LogP contribution in [-0.4, -0.2) is 25.2 Å². The van der Waals surface area contributed by atoms with Gasteiger partial charge in [0.1, 0.15) is 23.0 Å². The molecule has 2 aliphatic rings. The van der Waals surface area contributed by atoms with Crippen molar-refractivity contribution in [2.75, 3.05) is 0 Å². The maximum absolute atomic E-state index is 6.56. The van der Waals surface area contributed by atoms with Crippen molar-refractivity contribution < 1.29 is 9.15 Å². The lowest BCUT2D eigenvalue weighted by Gasteiger charge is -2.20. The molecule has 0 radical (unpaired) electrons. The first kappa shape index (κ1) is 35.2. The van der Waals surface area contributed by atoms with Crippen LogP contribution in [-0.2, 0) is 6.42 Å². The second kappa shape index (κ2) is 13.5. The highest BCUT2D eigenvalue weighted by Crippen LogP contribution is 2.47. The SMILES string of the molecule is C1=C2c3ccccc3OC2Cc2c1c1ccc(-c3ccc4c(c3)c3cc5c(cc3n4-c3nc(-c4ccccc4)cc(-c4ccccc4)n3)oc3ccccc35)cc1n2-c1ccccc1. The average Bonchev–Trinajstić information content (AvgIpc) is 4.09. The fourth-order valence-electron chi connectivity index (χ4n) is 10.3. The van der Waals surface area contributed by atoms with E-state index in [1.807, 2.05) is 24.3 Å². The molecule has 0 saturated carbocycles. The molecule has 0 bridgehead atoms. The number of ether oxygens (including phenoxy) is 1. The van der Waals surface area contributed by atoms with Gasteiger partial charge in [0.25, 0.3) is 0 Å². The lowest BCUT2D eigenvalue weighted by atomic mass is 9.90. The molecule has 0 saturated heterocycles. The zero-order valence-corrected chi connectivity index (χ0v) is 34.4. The molecule has 8 aromatic carbocycles. The molecule has 14 rings (SSSR count). The van der Waals surface area contributed by atoms with E-state index in [1.54, 1.807) is 0 Å². The minimum Gasteiger partial charge on any atom is -0.485 e. The van der Waals surface area contributed by atoms with Crippen molar-refractivity contribution in [1.29, 1.82) is 0 Å². The first-order valence-electron chi connectivity index (χ1n) is 21.8. The van der Waals surface area contributed by atoms with E-state index in [2.05, 4.69) is 185 Å². The first-order chi connectivity index (χ1) is 31.7. The summed E-state index contributed by atoms with van der Waals surface area (Å²) in [6, 6.07) is 68.5. The van der Waals surface area contributed by atoms with Crippen molar-refractivity contribution in [3.05, 3.63) is 211 Å². The Balaban J connectivity index is 1.00. The lowest BCUT2D eigenvalue weighted by Crippen LogP contribution is -2.21. The number of nitrogens with zero attached hydrogens (tertiary/aromatic N) is 4. The monoisotopic (exact) mass is 820 g/mol. The van der Waals surface area contributed by atoms with Crippen molar-refractivity contribution in [3.8, 4) is 51.0 Å². The molecule has 4 aromatic heterocycles. The molecular formula is C58H36N4O2.